The van der Waals surface area contributed by atoms with Gasteiger partial charge in [-0.1, -0.05) is 18.2 Å². The van der Waals surface area contributed by atoms with Gasteiger partial charge in [0.15, 0.2) is 17.0 Å². The molecule has 1 aromatic carbocycles. The monoisotopic (exact) mass is 502 g/mol. The summed E-state index contributed by atoms with van der Waals surface area (Å²) in [6.07, 6.45) is 1.83. The summed E-state index contributed by atoms with van der Waals surface area (Å²) in [5.74, 6) is -0.202. The summed E-state index contributed by atoms with van der Waals surface area (Å²) in [5.41, 5.74) is 2.59. The molecule has 3 aromatic heterocycles. The van der Waals surface area contributed by atoms with Gasteiger partial charge in [0.25, 0.3) is 0 Å². The molecule has 1 atom stereocenters. The van der Waals surface area contributed by atoms with E-state index in [0.29, 0.717) is 43.5 Å². The number of piperazine rings is 1. The third-order valence-electron chi connectivity index (χ3n) is 6.70. The Morgan fingerprint density at radius 1 is 1.03 bits per heavy atom. The molecule has 4 heterocycles. The zero-order chi connectivity index (χ0) is 26.3. The van der Waals surface area contributed by atoms with E-state index in [4.69, 9.17) is 4.98 Å². The fraction of sp³-hybridized carbons (Fsp3) is 0.385. The minimum absolute atomic E-state index is 0.0269. The average molecular weight is 503 g/mol. The molecule has 1 fully saturated rings. The number of carboxylic acids is 1. The Morgan fingerprint density at radius 3 is 2.43 bits per heavy atom. The maximum Gasteiger partial charge on any atom is 0.356 e. The molecule has 0 aliphatic carbocycles. The van der Waals surface area contributed by atoms with Crippen LogP contribution in [-0.4, -0.2) is 72.8 Å². The van der Waals surface area contributed by atoms with Crippen molar-refractivity contribution in [3.8, 4) is 0 Å². The molecule has 37 heavy (non-hydrogen) atoms. The third kappa shape index (κ3) is 4.64. The van der Waals surface area contributed by atoms with Crippen molar-refractivity contribution in [3.63, 3.8) is 0 Å². The second-order valence-corrected chi connectivity index (χ2v) is 9.58. The molecule has 11 nitrogen and oxygen atoms in total. The van der Waals surface area contributed by atoms with E-state index in [0.717, 1.165) is 16.5 Å². The summed E-state index contributed by atoms with van der Waals surface area (Å²) < 4.78 is 1.48. The van der Waals surface area contributed by atoms with Crippen molar-refractivity contribution in [1.82, 2.24) is 29.6 Å². The smallest absolute Gasteiger partial charge is 0.356 e. The molecule has 1 aliphatic rings. The van der Waals surface area contributed by atoms with Crippen molar-refractivity contribution < 1.29 is 14.7 Å². The molecule has 2 N–H and O–H groups in total. The van der Waals surface area contributed by atoms with Gasteiger partial charge < -0.3 is 20.2 Å². The van der Waals surface area contributed by atoms with Crippen LogP contribution in [-0.2, 0) is 4.79 Å². The first-order chi connectivity index (χ1) is 17.7. The van der Waals surface area contributed by atoms with Crippen LogP contribution in [0.1, 0.15) is 55.8 Å². The molecule has 5 rings (SSSR count). The molecule has 192 valence electrons. The standard InChI is InChI=1S/C26H30N8O3/c1-15(2)34-23(25(36)37)21-22(31-34)24(30-26(29-21)33-11-9-32(10-12-33)17(4)35)28-16(3)19-13-18-7-5-6-8-20(18)27-14-19/h5-8,13-16H,9-12H2,1-4H3,(H,36,37)(H,28,29,30). The van der Waals surface area contributed by atoms with Crippen LogP contribution >= 0.6 is 0 Å². The number of anilines is 2. The number of benzene rings is 1. The molecule has 1 aliphatic heterocycles. The minimum Gasteiger partial charge on any atom is -0.476 e. The van der Waals surface area contributed by atoms with E-state index in [1.807, 2.05) is 56.1 Å². The minimum atomic E-state index is -1.10. The Labute approximate surface area is 214 Å². The fourth-order valence-electron chi connectivity index (χ4n) is 4.62. The summed E-state index contributed by atoms with van der Waals surface area (Å²) in [4.78, 5) is 41.9. The lowest BCUT2D eigenvalue weighted by Crippen LogP contribution is -2.48. The van der Waals surface area contributed by atoms with Crippen LogP contribution < -0.4 is 10.2 Å². The van der Waals surface area contributed by atoms with Crippen molar-refractivity contribution in [3.05, 3.63) is 47.8 Å². The normalized spacial score (nSPS) is 14.9. The highest BCUT2D eigenvalue weighted by Crippen LogP contribution is 2.30. The molecule has 11 heteroatoms. The highest BCUT2D eigenvalue weighted by molar-refractivity contribution is 6.02. The van der Waals surface area contributed by atoms with Crippen LogP contribution in [0.3, 0.4) is 0 Å². The number of carboxylic acid groups (broad SMARTS) is 1. The SMILES string of the molecule is CC(=O)N1CCN(c2nc(NC(C)c3cnc4ccccc4c3)c3nn(C(C)C)c(C(=O)O)c3n2)CC1. The average Bonchev–Trinajstić information content (AvgIpc) is 3.29. The zero-order valence-electron chi connectivity index (χ0n) is 21.3. The first-order valence-corrected chi connectivity index (χ1v) is 12.4. The molecule has 0 saturated carbocycles. The Balaban J connectivity index is 1.57. The van der Waals surface area contributed by atoms with Gasteiger partial charge in [-0.25, -0.2) is 9.78 Å². The number of para-hydroxylation sites is 1. The molecule has 0 bridgehead atoms. The predicted molar refractivity (Wildman–Crippen MR) is 141 cm³/mol. The van der Waals surface area contributed by atoms with Crippen LogP contribution in [0.25, 0.3) is 21.9 Å². The van der Waals surface area contributed by atoms with Crippen LogP contribution in [0.5, 0.6) is 0 Å². The van der Waals surface area contributed by atoms with Crippen molar-refractivity contribution >= 4 is 45.6 Å². The van der Waals surface area contributed by atoms with Gasteiger partial charge in [0, 0.05) is 50.7 Å². The number of carbonyl (C=O) groups is 2. The van der Waals surface area contributed by atoms with Gasteiger partial charge >= 0.3 is 5.97 Å². The van der Waals surface area contributed by atoms with Gasteiger partial charge in [-0.2, -0.15) is 10.1 Å². The largest absolute Gasteiger partial charge is 0.476 e. The molecular formula is C26H30N8O3. The molecule has 1 saturated heterocycles. The number of aromatic carboxylic acids is 1. The Kier molecular flexibility index (Phi) is 6.36. The lowest BCUT2D eigenvalue weighted by Gasteiger charge is -2.34. The summed E-state index contributed by atoms with van der Waals surface area (Å²) in [7, 11) is 0. The van der Waals surface area contributed by atoms with Crippen LogP contribution in [0.15, 0.2) is 36.5 Å². The number of aromatic nitrogens is 5. The molecule has 0 radical (unpaired) electrons. The number of pyridine rings is 1. The van der Waals surface area contributed by atoms with Crippen molar-refractivity contribution in [1.29, 1.82) is 0 Å². The Morgan fingerprint density at radius 2 is 1.76 bits per heavy atom. The van der Waals surface area contributed by atoms with E-state index in [1.54, 1.807) is 11.8 Å². The second-order valence-electron chi connectivity index (χ2n) is 9.58. The van der Waals surface area contributed by atoms with E-state index in [-0.39, 0.29) is 29.2 Å². The van der Waals surface area contributed by atoms with Gasteiger partial charge in [-0.05, 0) is 38.5 Å². The molecule has 1 unspecified atom stereocenters. The summed E-state index contributed by atoms with van der Waals surface area (Å²) in [5, 5.41) is 19.1. The molecular weight excluding hydrogens is 472 g/mol. The number of rotatable bonds is 6. The fourth-order valence-corrected chi connectivity index (χ4v) is 4.62. The maximum atomic E-state index is 12.3. The van der Waals surface area contributed by atoms with E-state index >= 15 is 0 Å². The number of nitrogens with one attached hydrogen (secondary N) is 1. The third-order valence-corrected chi connectivity index (χ3v) is 6.70. The first kappa shape index (κ1) is 24.4. The van der Waals surface area contributed by atoms with Gasteiger partial charge in [-0.15, -0.1) is 0 Å². The molecule has 1 amide bonds. The van der Waals surface area contributed by atoms with Crippen molar-refractivity contribution in [2.24, 2.45) is 0 Å². The molecule has 0 spiro atoms. The first-order valence-electron chi connectivity index (χ1n) is 12.4. The van der Waals surface area contributed by atoms with Crippen LogP contribution in [0, 0.1) is 0 Å². The Hall–Kier alpha value is -4.28. The van der Waals surface area contributed by atoms with Crippen molar-refractivity contribution in [2.75, 3.05) is 36.4 Å². The maximum absolute atomic E-state index is 12.3. The van der Waals surface area contributed by atoms with Crippen LogP contribution in [0.2, 0.25) is 0 Å². The highest BCUT2D eigenvalue weighted by Gasteiger charge is 2.28. The van der Waals surface area contributed by atoms with Crippen LogP contribution in [0.4, 0.5) is 11.8 Å². The second kappa shape index (κ2) is 9.64. The number of amides is 1. The van der Waals surface area contributed by atoms with E-state index < -0.39 is 5.97 Å². The van der Waals surface area contributed by atoms with E-state index in [9.17, 15) is 14.7 Å². The van der Waals surface area contributed by atoms with Crippen molar-refractivity contribution in [2.45, 2.75) is 39.8 Å². The lowest BCUT2D eigenvalue weighted by molar-refractivity contribution is -0.129. The summed E-state index contributed by atoms with van der Waals surface area (Å²) >= 11 is 0. The van der Waals surface area contributed by atoms with E-state index in [2.05, 4.69) is 26.4 Å². The number of hydrogen-bond acceptors (Lipinski definition) is 8. The topological polar surface area (TPSA) is 129 Å². The predicted octanol–water partition coefficient (Wildman–Crippen LogP) is 3.50. The number of nitrogens with zero attached hydrogens (tertiary/aromatic N) is 7. The molecule has 4 aromatic rings. The quantitative estimate of drug-likeness (QED) is 0.407. The van der Waals surface area contributed by atoms with Gasteiger partial charge in [0.2, 0.25) is 11.9 Å². The number of fused-ring (bicyclic) bond motifs is 2. The summed E-state index contributed by atoms with van der Waals surface area (Å²) in [6, 6.07) is 9.63. The van der Waals surface area contributed by atoms with Gasteiger partial charge in [0.05, 0.1) is 11.6 Å². The Bertz CT molecular complexity index is 1490. The summed E-state index contributed by atoms with van der Waals surface area (Å²) in [6.45, 7) is 9.52. The van der Waals surface area contributed by atoms with Gasteiger partial charge in [0.1, 0.15) is 5.52 Å². The lowest BCUT2D eigenvalue weighted by atomic mass is 10.1. The van der Waals surface area contributed by atoms with Gasteiger partial charge in [-0.3, -0.25) is 14.5 Å². The zero-order valence-corrected chi connectivity index (χ0v) is 21.3. The van der Waals surface area contributed by atoms with E-state index in [1.165, 1.54) is 4.68 Å². The number of carbonyl (C=O) groups excluding carboxylic acids is 1. The highest BCUT2D eigenvalue weighted by atomic mass is 16.4. The number of hydrogen-bond donors (Lipinski definition) is 2.